The topological polar surface area (TPSA) is 52.9 Å². The van der Waals surface area contributed by atoms with E-state index in [0.29, 0.717) is 6.42 Å². The molecule has 0 bridgehead atoms. The Morgan fingerprint density at radius 1 is 1.37 bits per heavy atom. The van der Waals surface area contributed by atoms with Crippen molar-refractivity contribution >= 4 is 5.91 Å². The molecular formula is C13H13F3N2O. The second kappa shape index (κ2) is 5.31. The van der Waals surface area contributed by atoms with Crippen LogP contribution in [0, 0.1) is 11.3 Å². The minimum Gasteiger partial charge on any atom is -0.334 e. The fraction of sp³-hybridized carbons (Fsp3) is 0.385. The van der Waals surface area contributed by atoms with Crippen LogP contribution >= 0.6 is 0 Å². The maximum atomic E-state index is 12.8. The van der Waals surface area contributed by atoms with Gasteiger partial charge >= 0.3 is 6.18 Å². The van der Waals surface area contributed by atoms with Crippen molar-refractivity contribution in [2.24, 2.45) is 0 Å². The fourth-order valence-corrected chi connectivity index (χ4v) is 1.44. The van der Waals surface area contributed by atoms with Gasteiger partial charge in [0.05, 0.1) is 17.2 Å². The first kappa shape index (κ1) is 15.0. The zero-order chi connectivity index (χ0) is 14.7. The number of hydrogen-bond acceptors (Lipinski definition) is 2. The standard InChI is InChI=1S/C13H13F3N2O/c1-3-12(2,8-17)18-11(19)9-6-4-5-7-10(9)13(14,15)16/h4-7H,3H2,1-2H3,(H,18,19). The summed E-state index contributed by atoms with van der Waals surface area (Å²) >= 11 is 0. The van der Waals surface area contributed by atoms with Gasteiger partial charge in [0.1, 0.15) is 5.54 Å². The van der Waals surface area contributed by atoms with E-state index in [9.17, 15) is 18.0 Å². The number of nitriles is 1. The van der Waals surface area contributed by atoms with E-state index in [0.717, 1.165) is 12.1 Å². The van der Waals surface area contributed by atoms with E-state index in [4.69, 9.17) is 5.26 Å². The van der Waals surface area contributed by atoms with Crippen LogP contribution in [0.5, 0.6) is 0 Å². The van der Waals surface area contributed by atoms with Gasteiger partial charge in [0.15, 0.2) is 0 Å². The largest absolute Gasteiger partial charge is 0.417 e. The number of halogens is 3. The molecule has 1 amide bonds. The summed E-state index contributed by atoms with van der Waals surface area (Å²) in [5.74, 6) is -0.904. The molecule has 0 spiro atoms. The van der Waals surface area contributed by atoms with Crippen molar-refractivity contribution in [1.29, 1.82) is 5.26 Å². The molecule has 1 aromatic carbocycles. The zero-order valence-electron chi connectivity index (χ0n) is 10.5. The van der Waals surface area contributed by atoms with E-state index in [-0.39, 0.29) is 0 Å². The molecule has 0 radical (unpaired) electrons. The predicted octanol–water partition coefficient (Wildman–Crippen LogP) is 3.13. The van der Waals surface area contributed by atoms with Gasteiger partial charge in [-0.3, -0.25) is 4.79 Å². The molecule has 1 N–H and O–H groups in total. The van der Waals surface area contributed by atoms with Crippen LogP contribution in [0.1, 0.15) is 36.2 Å². The lowest BCUT2D eigenvalue weighted by Crippen LogP contribution is -2.44. The predicted molar refractivity (Wildman–Crippen MR) is 63.2 cm³/mol. The monoisotopic (exact) mass is 270 g/mol. The van der Waals surface area contributed by atoms with Crippen LogP contribution in [0.2, 0.25) is 0 Å². The molecule has 19 heavy (non-hydrogen) atoms. The van der Waals surface area contributed by atoms with Gasteiger partial charge in [-0.05, 0) is 25.5 Å². The number of benzene rings is 1. The first-order valence-corrected chi connectivity index (χ1v) is 5.63. The first-order valence-electron chi connectivity index (χ1n) is 5.63. The fourth-order valence-electron chi connectivity index (χ4n) is 1.44. The van der Waals surface area contributed by atoms with E-state index >= 15 is 0 Å². The van der Waals surface area contributed by atoms with Crippen LogP contribution in [-0.2, 0) is 6.18 Å². The number of hydrogen-bond donors (Lipinski definition) is 1. The molecule has 0 aliphatic carbocycles. The van der Waals surface area contributed by atoms with Crippen LogP contribution in [0.15, 0.2) is 24.3 Å². The molecule has 0 fully saturated rings. The Labute approximate surface area is 109 Å². The van der Waals surface area contributed by atoms with Crippen LogP contribution in [-0.4, -0.2) is 11.4 Å². The molecule has 3 nitrogen and oxygen atoms in total. The van der Waals surface area contributed by atoms with Crippen LogP contribution in [0.25, 0.3) is 0 Å². The van der Waals surface area contributed by atoms with Gasteiger partial charge in [-0.15, -0.1) is 0 Å². The Morgan fingerprint density at radius 2 is 1.95 bits per heavy atom. The van der Waals surface area contributed by atoms with Crippen molar-refractivity contribution in [3.8, 4) is 6.07 Å². The minimum atomic E-state index is -4.61. The Balaban J connectivity index is 3.12. The second-order valence-corrected chi connectivity index (χ2v) is 4.29. The third-order valence-electron chi connectivity index (χ3n) is 2.82. The summed E-state index contributed by atoms with van der Waals surface area (Å²) in [5.41, 5.74) is -2.68. The number of nitrogens with one attached hydrogen (secondary N) is 1. The molecule has 1 aromatic rings. The molecule has 102 valence electrons. The molecular weight excluding hydrogens is 257 g/mol. The summed E-state index contributed by atoms with van der Waals surface area (Å²) in [6.45, 7) is 3.13. The van der Waals surface area contributed by atoms with E-state index < -0.39 is 28.7 Å². The molecule has 0 aliphatic heterocycles. The molecule has 0 aliphatic rings. The van der Waals surface area contributed by atoms with Gasteiger partial charge in [0.2, 0.25) is 0 Å². The van der Waals surface area contributed by atoms with Gasteiger partial charge in [-0.25, -0.2) is 0 Å². The molecule has 6 heteroatoms. The lowest BCUT2D eigenvalue weighted by Gasteiger charge is -2.22. The minimum absolute atomic E-state index is 0.295. The van der Waals surface area contributed by atoms with Gasteiger partial charge in [-0.2, -0.15) is 18.4 Å². The summed E-state index contributed by atoms with van der Waals surface area (Å²) in [6, 6.07) is 6.36. The molecule has 1 unspecified atom stereocenters. The van der Waals surface area contributed by atoms with Gasteiger partial charge in [-0.1, -0.05) is 19.1 Å². The SMILES string of the molecule is CCC(C)(C#N)NC(=O)c1ccccc1C(F)(F)F. The number of amides is 1. The van der Waals surface area contributed by atoms with E-state index in [2.05, 4.69) is 5.32 Å². The van der Waals surface area contributed by atoms with E-state index in [1.54, 1.807) is 6.92 Å². The number of rotatable bonds is 3. The van der Waals surface area contributed by atoms with E-state index in [1.165, 1.54) is 19.1 Å². The highest BCUT2D eigenvalue weighted by Gasteiger charge is 2.36. The highest BCUT2D eigenvalue weighted by Crippen LogP contribution is 2.32. The van der Waals surface area contributed by atoms with Crippen molar-refractivity contribution in [2.45, 2.75) is 32.0 Å². The molecule has 0 saturated carbocycles. The second-order valence-electron chi connectivity index (χ2n) is 4.29. The third kappa shape index (κ3) is 3.47. The third-order valence-corrected chi connectivity index (χ3v) is 2.82. The quantitative estimate of drug-likeness (QED) is 0.917. The van der Waals surface area contributed by atoms with Crippen LogP contribution < -0.4 is 5.32 Å². The van der Waals surface area contributed by atoms with Crippen LogP contribution in [0.4, 0.5) is 13.2 Å². The Morgan fingerprint density at radius 3 is 2.42 bits per heavy atom. The summed E-state index contributed by atoms with van der Waals surface area (Å²) < 4.78 is 38.3. The van der Waals surface area contributed by atoms with E-state index in [1.807, 2.05) is 6.07 Å². The average Bonchev–Trinajstić information content (AvgIpc) is 2.37. The Hall–Kier alpha value is -2.03. The Kier molecular flexibility index (Phi) is 4.20. The zero-order valence-corrected chi connectivity index (χ0v) is 10.5. The molecule has 0 saturated heterocycles. The van der Waals surface area contributed by atoms with Crippen molar-refractivity contribution in [3.63, 3.8) is 0 Å². The number of carbonyl (C=O) groups excluding carboxylic acids is 1. The van der Waals surface area contributed by atoms with Crippen LogP contribution in [0.3, 0.4) is 0 Å². The summed E-state index contributed by atoms with van der Waals surface area (Å²) in [6.07, 6.45) is -4.31. The highest BCUT2D eigenvalue weighted by molar-refractivity contribution is 5.96. The molecule has 0 heterocycles. The maximum Gasteiger partial charge on any atom is 0.417 e. The molecule has 1 atom stereocenters. The lowest BCUT2D eigenvalue weighted by molar-refractivity contribution is -0.137. The van der Waals surface area contributed by atoms with Crippen molar-refractivity contribution in [1.82, 2.24) is 5.32 Å². The van der Waals surface area contributed by atoms with Crippen molar-refractivity contribution < 1.29 is 18.0 Å². The normalized spacial score (nSPS) is 14.3. The highest BCUT2D eigenvalue weighted by atomic mass is 19.4. The Bertz CT molecular complexity index is 519. The number of nitrogens with zero attached hydrogens (tertiary/aromatic N) is 1. The maximum absolute atomic E-state index is 12.8. The van der Waals surface area contributed by atoms with Gasteiger partial charge in [0.25, 0.3) is 5.91 Å². The van der Waals surface area contributed by atoms with Gasteiger partial charge < -0.3 is 5.32 Å². The summed E-state index contributed by atoms with van der Waals surface area (Å²) in [7, 11) is 0. The van der Waals surface area contributed by atoms with Crippen molar-refractivity contribution in [2.75, 3.05) is 0 Å². The number of alkyl halides is 3. The number of carbonyl (C=O) groups is 1. The average molecular weight is 270 g/mol. The van der Waals surface area contributed by atoms with Crippen molar-refractivity contribution in [3.05, 3.63) is 35.4 Å². The smallest absolute Gasteiger partial charge is 0.334 e. The summed E-state index contributed by atoms with van der Waals surface area (Å²) in [5, 5.41) is 11.2. The molecule has 0 aromatic heterocycles. The van der Waals surface area contributed by atoms with Gasteiger partial charge in [0, 0.05) is 0 Å². The molecule has 1 rings (SSSR count). The first-order chi connectivity index (χ1) is 8.73. The summed E-state index contributed by atoms with van der Waals surface area (Å²) in [4.78, 5) is 11.9. The lowest BCUT2D eigenvalue weighted by atomic mass is 9.99.